The Morgan fingerprint density at radius 1 is 1.09 bits per heavy atom. The lowest BCUT2D eigenvalue weighted by atomic mass is 10.0. The van der Waals surface area contributed by atoms with Crippen molar-refractivity contribution in [1.29, 1.82) is 0 Å². The Hall–Kier alpha value is -2.13. The van der Waals surface area contributed by atoms with E-state index in [-0.39, 0.29) is 0 Å². The predicted molar refractivity (Wildman–Crippen MR) is 90.0 cm³/mol. The molecular weight excluding hydrogens is 272 g/mol. The summed E-state index contributed by atoms with van der Waals surface area (Å²) < 4.78 is 2.02. The molecule has 0 aliphatic rings. The summed E-state index contributed by atoms with van der Waals surface area (Å²) in [6, 6.07) is 12.5. The fraction of sp³-hybridized carbons (Fsp3) is 0.316. The number of pyridine rings is 1. The number of aromatic nitrogens is 2. The van der Waals surface area contributed by atoms with E-state index < -0.39 is 6.10 Å². The Kier molecular flexibility index (Phi) is 3.99. The molecule has 114 valence electrons. The van der Waals surface area contributed by atoms with Crippen molar-refractivity contribution in [2.75, 3.05) is 0 Å². The average Bonchev–Trinajstić information content (AvgIpc) is 2.92. The second-order valence-electron chi connectivity index (χ2n) is 5.75. The van der Waals surface area contributed by atoms with Gasteiger partial charge in [-0.1, -0.05) is 44.2 Å². The highest BCUT2D eigenvalue weighted by Crippen LogP contribution is 2.31. The summed E-state index contributed by atoms with van der Waals surface area (Å²) in [6.07, 6.45) is 3.22. The van der Waals surface area contributed by atoms with Crippen LogP contribution in [0.1, 0.15) is 43.2 Å². The van der Waals surface area contributed by atoms with Gasteiger partial charge in [0, 0.05) is 11.8 Å². The minimum atomic E-state index is -0.516. The van der Waals surface area contributed by atoms with E-state index >= 15 is 0 Å². The first-order valence-electron chi connectivity index (χ1n) is 7.90. The van der Waals surface area contributed by atoms with Crippen LogP contribution in [-0.4, -0.2) is 14.5 Å². The Morgan fingerprint density at radius 2 is 1.82 bits per heavy atom. The number of aliphatic hydroxyl groups excluding tert-OH is 1. The molecule has 3 heteroatoms. The first-order chi connectivity index (χ1) is 10.6. The smallest absolute Gasteiger partial charge is 0.137 e. The number of fused-ring (bicyclic) bond motifs is 1. The highest BCUT2D eigenvalue weighted by molar-refractivity contribution is 5.67. The fourth-order valence-electron chi connectivity index (χ4n) is 2.79. The molecule has 1 aromatic carbocycles. The van der Waals surface area contributed by atoms with Gasteiger partial charge in [-0.2, -0.15) is 0 Å². The molecule has 2 aromatic heterocycles. The first-order valence-corrected chi connectivity index (χ1v) is 7.90. The predicted octanol–water partition coefficient (Wildman–Crippen LogP) is 4.32. The van der Waals surface area contributed by atoms with Crippen LogP contribution in [0, 0.1) is 6.92 Å². The highest BCUT2D eigenvalue weighted by Gasteiger charge is 2.19. The van der Waals surface area contributed by atoms with Gasteiger partial charge >= 0.3 is 0 Å². The minimum absolute atomic E-state index is 0.516. The molecule has 0 aliphatic carbocycles. The normalized spacial score (nSPS) is 12.7. The molecule has 1 N–H and O–H groups in total. The van der Waals surface area contributed by atoms with E-state index in [1.165, 1.54) is 5.56 Å². The number of rotatable bonds is 4. The second-order valence-corrected chi connectivity index (χ2v) is 5.75. The molecular formula is C19H22N2O. The van der Waals surface area contributed by atoms with Gasteiger partial charge in [0.2, 0.25) is 0 Å². The lowest BCUT2D eigenvalue weighted by Crippen LogP contribution is -2.02. The maximum atomic E-state index is 10.5. The second kappa shape index (κ2) is 5.93. The fourth-order valence-corrected chi connectivity index (χ4v) is 2.79. The summed E-state index contributed by atoms with van der Waals surface area (Å²) in [5, 5.41) is 10.5. The van der Waals surface area contributed by atoms with Crippen molar-refractivity contribution in [1.82, 2.24) is 9.38 Å². The van der Waals surface area contributed by atoms with Crippen LogP contribution in [0.3, 0.4) is 0 Å². The zero-order valence-electron chi connectivity index (χ0n) is 13.4. The number of nitrogens with zero attached hydrogens (tertiary/aromatic N) is 2. The van der Waals surface area contributed by atoms with Crippen molar-refractivity contribution in [3.63, 3.8) is 0 Å². The molecule has 3 rings (SSSR count). The quantitative estimate of drug-likeness (QED) is 0.778. The molecule has 0 saturated carbocycles. The van der Waals surface area contributed by atoms with Crippen molar-refractivity contribution in [2.24, 2.45) is 0 Å². The van der Waals surface area contributed by atoms with E-state index in [0.717, 1.165) is 34.6 Å². The van der Waals surface area contributed by atoms with E-state index in [4.69, 9.17) is 4.98 Å². The largest absolute Gasteiger partial charge is 0.387 e. The average molecular weight is 294 g/mol. The van der Waals surface area contributed by atoms with Crippen LogP contribution >= 0.6 is 0 Å². The molecule has 0 saturated heterocycles. The third-order valence-corrected chi connectivity index (χ3v) is 4.14. The van der Waals surface area contributed by atoms with E-state index in [2.05, 4.69) is 44.2 Å². The molecule has 22 heavy (non-hydrogen) atoms. The summed E-state index contributed by atoms with van der Waals surface area (Å²) in [4.78, 5) is 4.75. The van der Waals surface area contributed by atoms with Gasteiger partial charge in [-0.3, -0.25) is 0 Å². The van der Waals surface area contributed by atoms with Crippen LogP contribution in [0.2, 0.25) is 0 Å². The van der Waals surface area contributed by atoms with Crippen LogP contribution in [0.5, 0.6) is 0 Å². The van der Waals surface area contributed by atoms with Gasteiger partial charge in [0.15, 0.2) is 0 Å². The number of aliphatic hydroxyl groups is 1. The van der Waals surface area contributed by atoms with Gasteiger partial charge in [-0.05, 0) is 37.0 Å². The highest BCUT2D eigenvalue weighted by atomic mass is 16.3. The molecule has 0 amide bonds. The number of hydrogen-bond donors (Lipinski definition) is 1. The van der Waals surface area contributed by atoms with Crippen LogP contribution in [-0.2, 0) is 6.42 Å². The molecule has 3 aromatic rings. The Morgan fingerprint density at radius 3 is 2.45 bits per heavy atom. The molecule has 0 aliphatic heterocycles. The van der Waals surface area contributed by atoms with Gasteiger partial charge in [-0.15, -0.1) is 0 Å². The monoisotopic (exact) mass is 294 g/mol. The van der Waals surface area contributed by atoms with Gasteiger partial charge in [-0.25, -0.2) is 4.98 Å². The molecule has 0 fully saturated rings. The maximum absolute atomic E-state index is 10.5. The van der Waals surface area contributed by atoms with Gasteiger partial charge in [0.1, 0.15) is 5.65 Å². The number of imidazole rings is 1. The van der Waals surface area contributed by atoms with E-state index in [0.29, 0.717) is 6.42 Å². The van der Waals surface area contributed by atoms with Crippen molar-refractivity contribution in [3.8, 4) is 11.3 Å². The van der Waals surface area contributed by atoms with E-state index in [1.807, 2.05) is 23.6 Å². The molecule has 0 radical (unpaired) electrons. The van der Waals surface area contributed by atoms with Gasteiger partial charge in [0.05, 0.1) is 17.5 Å². The van der Waals surface area contributed by atoms with Gasteiger partial charge in [0.25, 0.3) is 0 Å². The summed E-state index contributed by atoms with van der Waals surface area (Å²) in [5.41, 5.74) is 6.15. The number of hydrogen-bond acceptors (Lipinski definition) is 2. The summed E-state index contributed by atoms with van der Waals surface area (Å²) in [6.45, 7) is 6.19. The molecule has 0 spiro atoms. The van der Waals surface area contributed by atoms with Crippen molar-refractivity contribution < 1.29 is 5.11 Å². The van der Waals surface area contributed by atoms with Crippen LogP contribution in [0.4, 0.5) is 0 Å². The Labute approximate surface area is 131 Å². The zero-order chi connectivity index (χ0) is 15.7. The first kappa shape index (κ1) is 14.8. The standard InChI is InChI=1S/C19H22N2O/c1-4-14-7-9-15(10-8-14)18-19(16(22)5-2)21-12-13(3)6-11-17(21)20-18/h6-12,16,22H,4-5H2,1-3H3. The maximum Gasteiger partial charge on any atom is 0.137 e. The summed E-state index contributed by atoms with van der Waals surface area (Å²) in [5.74, 6) is 0. The van der Waals surface area contributed by atoms with Gasteiger partial charge < -0.3 is 9.51 Å². The molecule has 0 bridgehead atoms. The molecule has 2 heterocycles. The van der Waals surface area contributed by atoms with Crippen molar-refractivity contribution >= 4 is 5.65 Å². The molecule has 1 unspecified atom stereocenters. The number of aryl methyl sites for hydroxylation is 2. The zero-order valence-corrected chi connectivity index (χ0v) is 13.4. The van der Waals surface area contributed by atoms with E-state index in [9.17, 15) is 5.11 Å². The number of benzene rings is 1. The minimum Gasteiger partial charge on any atom is -0.387 e. The third kappa shape index (κ3) is 2.53. The van der Waals surface area contributed by atoms with Crippen molar-refractivity contribution in [3.05, 3.63) is 59.4 Å². The van der Waals surface area contributed by atoms with E-state index in [1.54, 1.807) is 0 Å². The van der Waals surface area contributed by atoms with Crippen LogP contribution in [0.25, 0.3) is 16.9 Å². The lowest BCUT2D eigenvalue weighted by molar-refractivity contribution is 0.168. The lowest BCUT2D eigenvalue weighted by Gasteiger charge is -2.11. The topological polar surface area (TPSA) is 37.5 Å². The molecule has 3 nitrogen and oxygen atoms in total. The van der Waals surface area contributed by atoms with Crippen LogP contribution in [0.15, 0.2) is 42.6 Å². The summed E-state index contributed by atoms with van der Waals surface area (Å²) in [7, 11) is 0. The van der Waals surface area contributed by atoms with Crippen molar-refractivity contribution in [2.45, 2.75) is 39.7 Å². The SMILES string of the molecule is CCc1ccc(-c2nc3ccc(C)cn3c2C(O)CC)cc1. The Balaban J connectivity index is 2.22. The molecule has 1 atom stereocenters. The Bertz CT molecular complexity index is 787. The van der Waals surface area contributed by atoms with Crippen LogP contribution < -0.4 is 0 Å². The summed E-state index contributed by atoms with van der Waals surface area (Å²) >= 11 is 0. The third-order valence-electron chi connectivity index (χ3n) is 4.14.